The number of hydrogen-bond donors (Lipinski definition) is 1. The Kier molecular flexibility index (Phi) is 3.94. The Morgan fingerprint density at radius 1 is 1.47 bits per heavy atom. The SMILES string of the molecule is CCCC1C(=O)NC(=O)N(C(C)c2nccs2)C1=O. The van der Waals surface area contributed by atoms with Crippen molar-refractivity contribution in [2.45, 2.75) is 32.7 Å². The van der Waals surface area contributed by atoms with Gasteiger partial charge in [-0.25, -0.2) is 9.78 Å². The van der Waals surface area contributed by atoms with Gasteiger partial charge in [-0.3, -0.25) is 19.8 Å². The maximum absolute atomic E-state index is 12.3. The van der Waals surface area contributed by atoms with Crippen LogP contribution in [0.2, 0.25) is 0 Å². The summed E-state index contributed by atoms with van der Waals surface area (Å²) in [6, 6.07) is -1.12. The van der Waals surface area contributed by atoms with Crippen molar-refractivity contribution in [3.05, 3.63) is 16.6 Å². The first-order chi connectivity index (χ1) is 9.06. The molecule has 1 fully saturated rings. The van der Waals surface area contributed by atoms with Crippen LogP contribution >= 0.6 is 11.3 Å². The summed E-state index contributed by atoms with van der Waals surface area (Å²) in [5.74, 6) is -1.71. The number of nitrogens with one attached hydrogen (secondary N) is 1. The van der Waals surface area contributed by atoms with Gasteiger partial charge in [-0.05, 0) is 13.3 Å². The van der Waals surface area contributed by atoms with Gasteiger partial charge < -0.3 is 0 Å². The summed E-state index contributed by atoms with van der Waals surface area (Å²) in [7, 11) is 0. The highest BCUT2D eigenvalue weighted by Gasteiger charge is 2.42. The molecule has 0 aromatic carbocycles. The lowest BCUT2D eigenvalue weighted by Gasteiger charge is -2.33. The van der Waals surface area contributed by atoms with Crippen LogP contribution in [0, 0.1) is 5.92 Å². The minimum atomic E-state index is -0.773. The lowest BCUT2D eigenvalue weighted by molar-refractivity contribution is -0.144. The number of barbiturate groups is 1. The van der Waals surface area contributed by atoms with Gasteiger partial charge in [-0.15, -0.1) is 11.3 Å². The van der Waals surface area contributed by atoms with Crippen LogP contribution in [0.4, 0.5) is 4.79 Å². The Morgan fingerprint density at radius 3 is 2.79 bits per heavy atom. The van der Waals surface area contributed by atoms with Gasteiger partial charge in [0.15, 0.2) is 0 Å². The lowest BCUT2D eigenvalue weighted by atomic mass is 9.98. The van der Waals surface area contributed by atoms with E-state index in [4.69, 9.17) is 0 Å². The number of rotatable bonds is 4. The van der Waals surface area contributed by atoms with Crippen LogP contribution in [-0.2, 0) is 9.59 Å². The van der Waals surface area contributed by atoms with Crippen molar-refractivity contribution in [2.75, 3.05) is 0 Å². The summed E-state index contributed by atoms with van der Waals surface area (Å²) in [5.41, 5.74) is 0. The van der Waals surface area contributed by atoms with Crippen LogP contribution < -0.4 is 5.32 Å². The molecule has 0 aliphatic carbocycles. The molecule has 0 bridgehead atoms. The van der Waals surface area contributed by atoms with E-state index < -0.39 is 29.8 Å². The predicted molar refractivity (Wildman–Crippen MR) is 69.3 cm³/mol. The van der Waals surface area contributed by atoms with E-state index in [1.54, 1.807) is 18.5 Å². The Bertz CT molecular complexity index is 500. The van der Waals surface area contributed by atoms with Crippen LogP contribution in [0.5, 0.6) is 0 Å². The fourth-order valence-electron chi connectivity index (χ4n) is 2.09. The second-order valence-electron chi connectivity index (χ2n) is 4.39. The monoisotopic (exact) mass is 281 g/mol. The fourth-order valence-corrected chi connectivity index (χ4v) is 2.78. The number of urea groups is 1. The Labute approximate surface area is 114 Å². The van der Waals surface area contributed by atoms with Crippen molar-refractivity contribution < 1.29 is 14.4 Å². The smallest absolute Gasteiger partial charge is 0.277 e. The zero-order valence-corrected chi connectivity index (χ0v) is 11.6. The molecule has 7 heteroatoms. The largest absolute Gasteiger partial charge is 0.331 e. The third-order valence-electron chi connectivity index (χ3n) is 3.07. The normalized spacial score (nSPS) is 21.5. The molecule has 0 radical (unpaired) electrons. The number of imide groups is 2. The molecule has 1 N–H and O–H groups in total. The topological polar surface area (TPSA) is 79.4 Å². The van der Waals surface area contributed by atoms with Crippen LogP contribution in [0.25, 0.3) is 0 Å². The highest BCUT2D eigenvalue weighted by molar-refractivity contribution is 7.09. The van der Waals surface area contributed by atoms with Crippen LogP contribution in [-0.4, -0.2) is 27.7 Å². The Morgan fingerprint density at radius 2 is 2.21 bits per heavy atom. The molecule has 1 saturated heterocycles. The van der Waals surface area contributed by atoms with Crippen molar-refractivity contribution in [3.63, 3.8) is 0 Å². The van der Waals surface area contributed by atoms with Crippen LogP contribution in [0.1, 0.15) is 37.7 Å². The molecule has 1 aromatic rings. The third kappa shape index (κ3) is 2.51. The molecule has 1 aliphatic heterocycles. The molecule has 6 nitrogen and oxygen atoms in total. The average Bonchev–Trinajstić information content (AvgIpc) is 2.87. The predicted octanol–water partition coefficient (Wildman–Crippen LogP) is 1.70. The standard InChI is InChI=1S/C12H15N3O3S/c1-3-4-8-9(16)14-12(18)15(11(8)17)7(2)10-13-5-6-19-10/h5-8H,3-4H2,1-2H3,(H,14,16,18). The highest BCUT2D eigenvalue weighted by Crippen LogP contribution is 2.27. The number of nitrogens with zero attached hydrogens (tertiary/aromatic N) is 2. The Hall–Kier alpha value is -1.76. The molecule has 0 spiro atoms. The summed E-state index contributed by atoms with van der Waals surface area (Å²) in [6.45, 7) is 3.63. The first kappa shape index (κ1) is 13.7. The van der Waals surface area contributed by atoms with Crippen molar-refractivity contribution in [3.8, 4) is 0 Å². The zero-order valence-electron chi connectivity index (χ0n) is 10.8. The summed E-state index contributed by atoms with van der Waals surface area (Å²) >= 11 is 1.37. The quantitative estimate of drug-likeness (QED) is 0.852. The minimum absolute atomic E-state index is 0.432. The molecular weight excluding hydrogens is 266 g/mol. The van der Waals surface area contributed by atoms with Crippen molar-refractivity contribution in [2.24, 2.45) is 5.92 Å². The number of carbonyl (C=O) groups excluding carboxylic acids is 3. The Balaban J connectivity index is 2.25. The number of thiazole rings is 1. The third-order valence-corrected chi connectivity index (χ3v) is 4.02. The molecule has 102 valence electrons. The van der Waals surface area contributed by atoms with Crippen LogP contribution in [0.15, 0.2) is 11.6 Å². The average molecular weight is 281 g/mol. The van der Waals surface area contributed by atoms with Gasteiger partial charge in [0, 0.05) is 11.6 Å². The highest BCUT2D eigenvalue weighted by atomic mass is 32.1. The molecule has 0 saturated carbocycles. The second kappa shape index (κ2) is 5.48. The maximum atomic E-state index is 12.3. The molecule has 2 atom stereocenters. The van der Waals surface area contributed by atoms with Crippen LogP contribution in [0.3, 0.4) is 0 Å². The van der Waals surface area contributed by atoms with Gasteiger partial charge in [0.05, 0.1) is 6.04 Å². The fraction of sp³-hybridized carbons (Fsp3) is 0.500. The minimum Gasteiger partial charge on any atom is -0.277 e. The van der Waals surface area contributed by atoms with E-state index in [9.17, 15) is 14.4 Å². The van der Waals surface area contributed by atoms with Gasteiger partial charge in [-0.1, -0.05) is 13.3 Å². The first-order valence-corrected chi connectivity index (χ1v) is 7.01. The molecule has 2 unspecified atom stereocenters. The van der Waals surface area contributed by atoms with E-state index in [0.29, 0.717) is 17.8 Å². The van der Waals surface area contributed by atoms with Gasteiger partial charge in [0.25, 0.3) is 0 Å². The molecule has 2 rings (SSSR count). The summed E-state index contributed by atoms with van der Waals surface area (Å²) < 4.78 is 0. The molecule has 4 amide bonds. The number of hydrogen-bond acceptors (Lipinski definition) is 5. The molecule has 2 heterocycles. The first-order valence-electron chi connectivity index (χ1n) is 6.13. The van der Waals surface area contributed by atoms with Gasteiger partial charge in [0.2, 0.25) is 11.8 Å². The molecule has 1 aromatic heterocycles. The summed E-state index contributed by atoms with van der Waals surface area (Å²) in [4.78, 5) is 41.0. The number of amides is 4. The molecule has 1 aliphatic rings. The summed E-state index contributed by atoms with van der Waals surface area (Å²) in [6.07, 6.45) is 2.77. The van der Waals surface area contributed by atoms with Crippen molar-refractivity contribution in [1.29, 1.82) is 0 Å². The second-order valence-corrected chi connectivity index (χ2v) is 5.32. The van der Waals surface area contributed by atoms with E-state index in [1.807, 2.05) is 6.92 Å². The maximum Gasteiger partial charge on any atom is 0.331 e. The van der Waals surface area contributed by atoms with Gasteiger partial charge in [-0.2, -0.15) is 0 Å². The lowest BCUT2D eigenvalue weighted by Crippen LogP contribution is -2.58. The van der Waals surface area contributed by atoms with Gasteiger partial charge in [0.1, 0.15) is 10.9 Å². The number of aromatic nitrogens is 1. The van der Waals surface area contributed by atoms with E-state index in [1.165, 1.54) is 11.3 Å². The zero-order chi connectivity index (χ0) is 14.0. The van der Waals surface area contributed by atoms with E-state index in [2.05, 4.69) is 10.3 Å². The van der Waals surface area contributed by atoms with E-state index in [-0.39, 0.29) is 0 Å². The van der Waals surface area contributed by atoms with E-state index in [0.717, 1.165) is 4.90 Å². The van der Waals surface area contributed by atoms with Gasteiger partial charge >= 0.3 is 6.03 Å². The molecule has 19 heavy (non-hydrogen) atoms. The number of carbonyl (C=O) groups is 3. The van der Waals surface area contributed by atoms with Crippen molar-refractivity contribution >= 4 is 29.2 Å². The van der Waals surface area contributed by atoms with E-state index >= 15 is 0 Å². The summed E-state index contributed by atoms with van der Waals surface area (Å²) in [5, 5.41) is 4.70. The van der Waals surface area contributed by atoms with Crippen molar-refractivity contribution in [1.82, 2.24) is 15.2 Å². The molecular formula is C12H15N3O3S.